The van der Waals surface area contributed by atoms with E-state index in [2.05, 4.69) is 51.5 Å². The van der Waals surface area contributed by atoms with Gasteiger partial charge in [0.05, 0.1) is 5.02 Å². The average molecular weight is 576 g/mol. The van der Waals surface area contributed by atoms with Crippen LogP contribution in [0.4, 0.5) is 0 Å². The van der Waals surface area contributed by atoms with Gasteiger partial charge >= 0.3 is 0 Å². The number of hydrogen-bond donors (Lipinski definition) is 1. The fourth-order valence-corrected chi connectivity index (χ4v) is 6.12. The van der Waals surface area contributed by atoms with Gasteiger partial charge in [-0.05, 0) is 67.1 Å². The number of benzene rings is 3. The lowest BCUT2D eigenvalue weighted by molar-refractivity contribution is 0.0908. The molecule has 0 unspecified atom stereocenters. The van der Waals surface area contributed by atoms with Crippen LogP contribution >= 0.6 is 11.6 Å². The van der Waals surface area contributed by atoms with Gasteiger partial charge < -0.3 is 19.5 Å². The Morgan fingerprint density at radius 1 is 0.805 bits per heavy atom. The van der Waals surface area contributed by atoms with Crippen LogP contribution < -0.4 is 19.5 Å². The maximum absolute atomic E-state index is 13.0. The number of piperidine rings is 2. The zero-order valence-corrected chi connectivity index (χ0v) is 24.2. The van der Waals surface area contributed by atoms with E-state index in [-0.39, 0.29) is 18.1 Å². The van der Waals surface area contributed by atoms with Crippen LogP contribution in [0.25, 0.3) is 0 Å². The quantitative estimate of drug-likeness (QED) is 0.380. The van der Waals surface area contributed by atoms with Crippen molar-refractivity contribution in [1.29, 1.82) is 0 Å². The number of carbonyl (C=O) groups is 1. The van der Waals surface area contributed by atoms with E-state index < -0.39 is 0 Å². The highest BCUT2D eigenvalue weighted by Gasteiger charge is 2.24. The van der Waals surface area contributed by atoms with Crippen LogP contribution in [0.3, 0.4) is 0 Å². The Morgan fingerprint density at radius 3 is 2.22 bits per heavy atom. The second-order valence-electron chi connectivity index (χ2n) is 11.2. The lowest BCUT2D eigenvalue weighted by Gasteiger charge is -2.33. The number of nitrogens with one attached hydrogen (secondary N) is 1. The maximum Gasteiger partial charge on any atom is 0.251 e. The van der Waals surface area contributed by atoms with Gasteiger partial charge in [0.2, 0.25) is 0 Å². The molecule has 3 aromatic carbocycles. The summed E-state index contributed by atoms with van der Waals surface area (Å²) in [4.78, 5) is 17.8. The molecule has 2 saturated heterocycles. The predicted octanol–water partition coefficient (Wildman–Crippen LogP) is 5.55. The maximum atomic E-state index is 13.0. The standard InChI is InChI=1S/C33H38ClN3O4/c34-29-21-26(33(38)35-27-10-14-36(15-11-27)22-24-4-2-1-3-5-24)7-9-30(29)41-28-12-16-37(17-13-28)23-25-6-8-31-32(20-25)40-19-18-39-31/h1-9,20-21,27-28H,10-19,22-23H2,(H,35,38). The fraction of sp³-hybridized carbons (Fsp3) is 0.424. The first-order valence-corrected chi connectivity index (χ1v) is 15.1. The van der Waals surface area contributed by atoms with E-state index in [1.165, 1.54) is 11.1 Å². The Hall–Kier alpha value is -3.26. The van der Waals surface area contributed by atoms with Gasteiger partial charge in [0.1, 0.15) is 25.1 Å². The smallest absolute Gasteiger partial charge is 0.251 e. The van der Waals surface area contributed by atoms with E-state index in [1.54, 1.807) is 6.07 Å². The molecule has 0 radical (unpaired) electrons. The molecule has 3 aliphatic heterocycles. The van der Waals surface area contributed by atoms with Crippen LogP contribution in [0.1, 0.15) is 47.2 Å². The Labute approximate surface area is 247 Å². The van der Waals surface area contributed by atoms with E-state index in [0.29, 0.717) is 29.5 Å². The summed E-state index contributed by atoms with van der Waals surface area (Å²) in [7, 11) is 0. The molecule has 0 spiro atoms. The minimum absolute atomic E-state index is 0.0765. The molecule has 216 valence electrons. The van der Waals surface area contributed by atoms with Crippen LogP contribution in [-0.2, 0) is 13.1 Å². The normalized spacial score (nSPS) is 18.7. The molecule has 1 amide bonds. The molecule has 8 heteroatoms. The van der Waals surface area contributed by atoms with Gasteiger partial charge in [-0.2, -0.15) is 0 Å². The molecule has 0 aromatic heterocycles. The van der Waals surface area contributed by atoms with Gasteiger partial charge in [-0.15, -0.1) is 0 Å². The van der Waals surface area contributed by atoms with E-state index in [4.69, 9.17) is 25.8 Å². The van der Waals surface area contributed by atoms with E-state index in [0.717, 1.165) is 76.5 Å². The zero-order valence-electron chi connectivity index (χ0n) is 23.4. The highest BCUT2D eigenvalue weighted by atomic mass is 35.5. The summed E-state index contributed by atoms with van der Waals surface area (Å²) in [5.74, 6) is 2.23. The van der Waals surface area contributed by atoms with Gasteiger partial charge in [-0.3, -0.25) is 14.6 Å². The molecule has 2 fully saturated rings. The number of carbonyl (C=O) groups excluding carboxylic acids is 1. The monoisotopic (exact) mass is 575 g/mol. The van der Waals surface area contributed by atoms with Crippen molar-refractivity contribution in [2.75, 3.05) is 39.4 Å². The summed E-state index contributed by atoms with van der Waals surface area (Å²) < 4.78 is 17.6. The third-order valence-electron chi connectivity index (χ3n) is 8.21. The van der Waals surface area contributed by atoms with Crippen LogP contribution in [0.15, 0.2) is 66.7 Å². The minimum atomic E-state index is -0.0765. The van der Waals surface area contributed by atoms with Gasteiger partial charge in [-0.1, -0.05) is 48.0 Å². The molecule has 1 N–H and O–H groups in total. The van der Waals surface area contributed by atoms with Crippen molar-refractivity contribution in [3.05, 3.63) is 88.4 Å². The average Bonchev–Trinajstić information content (AvgIpc) is 3.00. The predicted molar refractivity (Wildman–Crippen MR) is 160 cm³/mol. The molecule has 0 saturated carbocycles. The topological polar surface area (TPSA) is 63.3 Å². The van der Waals surface area contributed by atoms with Crippen LogP contribution in [0.2, 0.25) is 5.02 Å². The van der Waals surface area contributed by atoms with E-state index in [1.807, 2.05) is 24.3 Å². The Kier molecular flexibility index (Phi) is 8.94. The van der Waals surface area contributed by atoms with Crippen molar-refractivity contribution in [3.8, 4) is 17.2 Å². The Balaban J connectivity index is 0.943. The van der Waals surface area contributed by atoms with Crippen LogP contribution in [0.5, 0.6) is 17.2 Å². The third kappa shape index (κ3) is 7.34. The Bertz CT molecular complexity index is 1320. The van der Waals surface area contributed by atoms with Gasteiger partial charge in [0, 0.05) is 50.9 Å². The van der Waals surface area contributed by atoms with Gasteiger partial charge in [0.15, 0.2) is 11.5 Å². The van der Waals surface area contributed by atoms with Crippen molar-refractivity contribution in [3.63, 3.8) is 0 Å². The van der Waals surface area contributed by atoms with E-state index in [9.17, 15) is 4.79 Å². The highest BCUT2D eigenvalue weighted by Crippen LogP contribution is 2.32. The second kappa shape index (κ2) is 13.1. The SMILES string of the molecule is O=C(NC1CCN(Cc2ccccc2)CC1)c1ccc(OC2CCN(Cc3ccc4c(c3)OCCO4)CC2)c(Cl)c1. The first-order chi connectivity index (χ1) is 20.1. The van der Waals surface area contributed by atoms with Crippen molar-refractivity contribution in [2.45, 2.75) is 50.9 Å². The van der Waals surface area contributed by atoms with E-state index >= 15 is 0 Å². The highest BCUT2D eigenvalue weighted by molar-refractivity contribution is 6.32. The summed E-state index contributed by atoms with van der Waals surface area (Å²) in [6.07, 6.45) is 3.84. The zero-order chi connectivity index (χ0) is 28.0. The second-order valence-corrected chi connectivity index (χ2v) is 11.6. The van der Waals surface area contributed by atoms with Crippen molar-refractivity contribution in [2.24, 2.45) is 0 Å². The number of nitrogens with zero attached hydrogens (tertiary/aromatic N) is 2. The number of ether oxygens (including phenoxy) is 3. The first kappa shape index (κ1) is 27.9. The van der Waals surface area contributed by atoms with Gasteiger partial charge in [-0.25, -0.2) is 0 Å². The summed E-state index contributed by atoms with van der Waals surface area (Å²) in [5.41, 5.74) is 3.13. The molecule has 0 bridgehead atoms. The van der Waals surface area contributed by atoms with Crippen molar-refractivity contribution in [1.82, 2.24) is 15.1 Å². The summed E-state index contributed by atoms with van der Waals surface area (Å²) >= 11 is 6.58. The number of halogens is 1. The number of rotatable bonds is 8. The molecule has 41 heavy (non-hydrogen) atoms. The molecule has 7 nitrogen and oxygen atoms in total. The summed E-state index contributed by atoms with van der Waals surface area (Å²) in [6.45, 7) is 6.88. The van der Waals surface area contributed by atoms with Crippen LogP contribution in [0, 0.1) is 0 Å². The van der Waals surface area contributed by atoms with Crippen LogP contribution in [-0.4, -0.2) is 67.2 Å². The number of hydrogen-bond acceptors (Lipinski definition) is 6. The molecule has 6 rings (SSSR count). The van der Waals surface area contributed by atoms with Crippen molar-refractivity contribution >= 4 is 17.5 Å². The Morgan fingerprint density at radius 2 is 1.49 bits per heavy atom. The van der Waals surface area contributed by atoms with Crippen molar-refractivity contribution < 1.29 is 19.0 Å². The first-order valence-electron chi connectivity index (χ1n) is 14.7. The third-order valence-corrected chi connectivity index (χ3v) is 8.50. The lowest BCUT2D eigenvalue weighted by Crippen LogP contribution is -2.44. The molecule has 0 atom stereocenters. The minimum Gasteiger partial charge on any atom is -0.489 e. The molecular formula is C33H38ClN3O4. The number of amides is 1. The number of fused-ring (bicyclic) bond motifs is 1. The fourth-order valence-electron chi connectivity index (χ4n) is 5.89. The summed E-state index contributed by atoms with van der Waals surface area (Å²) in [6, 6.07) is 22.3. The molecular weight excluding hydrogens is 538 g/mol. The number of likely N-dealkylation sites (tertiary alicyclic amines) is 2. The molecule has 3 heterocycles. The molecule has 3 aromatic rings. The summed E-state index contributed by atoms with van der Waals surface area (Å²) in [5, 5.41) is 3.68. The lowest BCUT2D eigenvalue weighted by atomic mass is 10.0. The van der Waals surface area contributed by atoms with Gasteiger partial charge in [0.25, 0.3) is 5.91 Å². The molecule has 3 aliphatic rings. The molecule has 0 aliphatic carbocycles. The largest absolute Gasteiger partial charge is 0.489 e.